The summed E-state index contributed by atoms with van der Waals surface area (Å²) in [5, 5.41) is 4.24. The average Bonchev–Trinajstić information content (AvgIpc) is 3.14. The highest BCUT2D eigenvalue weighted by Gasteiger charge is 2.10. The summed E-state index contributed by atoms with van der Waals surface area (Å²) < 4.78 is 14.1. The van der Waals surface area contributed by atoms with Crippen molar-refractivity contribution >= 4 is 46.1 Å². The summed E-state index contributed by atoms with van der Waals surface area (Å²) in [6.45, 7) is 0. The van der Waals surface area contributed by atoms with Crippen LogP contribution in [0.5, 0.6) is 0 Å². The van der Waals surface area contributed by atoms with E-state index in [2.05, 4.69) is 4.98 Å². The summed E-state index contributed by atoms with van der Waals surface area (Å²) in [6, 6.07) is 17.7. The molecule has 3 aromatic carbocycles. The van der Waals surface area contributed by atoms with Crippen molar-refractivity contribution in [3.63, 3.8) is 0 Å². The van der Waals surface area contributed by atoms with Gasteiger partial charge in [-0.25, -0.2) is 9.37 Å². The van der Waals surface area contributed by atoms with Gasteiger partial charge in [-0.3, -0.25) is 0 Å². The van der Waals surface area contributed by atoms with Crippen LogP contribution < -0.4 is 0 Å². The maximum absolute atomic E-state index is 14.1. The Morgan fingerprint density at radius 3 is 2.15 bits per heavy atom. The molecule has 0 bridgehead atoms. The maximum atomic E-state index is 14.1. The van der Waals surface area contributed by atoms with Crippen molar-refractivity contribution in [3.05, 3.63) is 86.9 Å². The first kappa shape index (κ1) is 18.5. The predicted octanol–water partition coefficient (Wildman–Crippen LogP) is 8.24. The molecule has 1 aromatic heterocycles. The highest BCUT2D eigenvalue weighted by Crippen LogP contribution is 2.33. The fourth-order valence-corrected chi connectivity index (χ4v) is 4.00. The van der Waals surface area contributed by atoms with Crippen LogP contribution in [0.4, 0.5) is 4.39 Å². The number of rotatable bonds is 3. The van der Waals surface area contributed by atoms with Crippen LogP contribution >= 0.6 is 46.1 Å². The van der Waals surface area contributed by atoms with Gasteiger partial charge in [0.15, 0.2) is 0 Å². The van der Waals surface area contributed by atoms with Crippen LogP contribution in [-0.4, -0.2) is 4.98 Å². The van der Waals surface area contributed by atoms with Gasteiger partial charge in [-0.1, -0.05) is 65.1 Å². The van der Waals surface area contributed by atoms with Gasteiger partial charge in [-0.15, -0.1) is 11.3 Å². The molecular weight excluding hydrogens is 424 g/mol. The standard InChI is InChI=1S/C21H11Cl3FNS/c22-15-6-7-16(19(25)10-15)12-1-3-13(4-2-12)21-26-20(11-27-21)14-5-8-17(23)18(24)9-14/h1-11H. The van der Waals surface area contributed by atoms with E-state index < -0.39 is 0 Å². The van der Waals surface area contributed by atoms with Gasteiger partial charge >= 0.3 is 0 Å². The minimum Gasteiger partial charge on any atom is -0.236 e. The zero-order valence-electron chi connectivity index (χ0n) is 13.7. The number of halogens is 4. The van der Waals surface area contributed by atoms with Crippen LogP contribution in [0.15, 0.2) is 66.0 Å². The third-order valence-corrected chi connectivity index (χ3v) is 5.96. The molecule has 6 heteroatoms. The smallest absolute Gasteiger partial charge is 0.132 e. The predicted molar refractivity (Wildman–Crippen MR) is 113 cm³/mol. The Morgan fingerprint density at radius 1 is 0.741 bits per heavy atom. The van der Waals surface area contributed by atoms with Gasteiger partial charge in [0.05, 0.1) is 15.7 Å². The van der Waals surface area contributed by atoms with Crippen LogP contribution in [0.3, 0.4) is 0 Å². The molecular formula is C21H11Cl3FNS. The van der Waals surface area contributed by atoms with Gasteiger partial charge in [0.1, 0.15) is 10.8 Å². The van der Waals surface area contributed by atoms with Crippen LogP contribution in [0.25, 0.3) is 33.0 Å². The second-order valence-corrected chi connectivity index (χ2v) is 7.98. The fraction of sp³-hybridized carbons (Fsp3) is 0. The summed E-state index contributed by atoms with van der Waals surface area (Å²) in [5.41, 5.74) is 4.01. The molecule has 0 aliphatic carbocycles. The summed E-state index contributed by atoms with van der Waals surface area (Å²) in [4.78, 5) is 4.68. The molecule has 4 aromatic rings. The van der Waals surface area contributed by atoms with Gasteiger partial charge < -0.3 is 0 Å². The number of thiazole rings is 1. The molecule has 0 amide bonds. The van der Waals surface area contributed by atoms with E-state index in [0.717, 1.165) is 27.4 Å². The molecule has 0 saturated carbocycles. The Morgan fingerprint density at radius 2 is 1.44 bits per heavy atom. The molecule has 27 heavy (non-hydrogen) atoms. The van der Waals surface area contributed by atoms with Crippen LogP contribution in [0, 0.1) is 5.82 Å². The van der Waals surface area contributed by atoms with Crippen molar-refractivity contribution in [3.8, 4) is 33.0 Å². The molecule has 0 aliphatic rings. The summed E-state index contributed by atoms with van der Waals surface area (Å²) >= 11 is 19.4. The summed E-state index contributed by atoms with van der Waals surface area (Å²) in [5.74, 6) is -0.341. The van der Waals surface area contributed by atoms with E-state index >= 15 is 0 Å². The van der Waals surface area contributed by atoms with E-state index in [4.69, 9.17) is 34.8 Å². The number of benzene rings is 3. The van der Waals surface area contributed by atoms with E-state index in [9.17, 15) is 4.39 Å². The maximum Gasteiger partial charge on any atom is 0.132 e. The minimum atomic E-state index is -0.341. The summed E-state index contributed by atoms with van der Waals surface area (Å²) in [6.07, 6.45) is 0. The monoisotopic (exact) mass is 433 g/mol. The zero-order chi connectivity index (χ0) is 19.0. The Bertz CT molecular complexity index is 1120. The molecule has 134 valence electrons. The van der Waals surface area contributed by atoms with Gasteiger partial charge in [0.25, 0.3) is 0 Å². The van der Waals surface area contributed by atoms with E-state index in [0.29, 0.717) is 20.6 Å². The SMILES string of the molecule is Fc1cc(Cl)ccc1-c1ccc(-c2nc(-c3ccc(Cl)c(Cl)c3)cs2)cc1. The fourth-order valence-electron chi connectivity index (χ4n) is 2.71. The normalized spacial score (nSPS) is 11.0. The van der Waals surface area contributed by atoms with E-state index in [1.807, 2.05) is 35.7 Å². The van der Waals surface area contributed by atoms with Gasteiger partial charge in [-0.05, 0) is 35.9 Å². The second kappa shape index (κ2) is 7.61. The molecule has 0 N–H and O–H groups in total. The Balaban J connectivity index is 1.63. The molecule has 0 saturated heterocycles. The lowest BCUT2D eigenvalue weighted by Gasteiger charge is -2.05. The number of hydrogen-bond acceptors (Lipinski definition) is 2. The lowest BCUT2D eigenvalue weighted by Crippen LogP contribution is -1.85. The third kappa shape index (κ3) is 3.87. The number of nitrogens with zero attached hydrogens (tertiary/aromatic N) is 1. The molecule has 0 radical (unpaired) electrons. The first-order valence-corrected chi connectivity index (χ1v) is 9.99. The number of hydrogen-bond donors (Lipinski definition) is 0. The average molecular weight is 435 g/mol. The number of aromatic nitrogens is 1. The van der Waals surface area contributed by atoms with Gasteiger partial charge in [0.2, 0.25) is 0 Å². The largest absolute Gasteiger partial charge is 0.236 e. The topological polar surface area (TPSA) is 12.9 Å². The van der Waals surface area contributed by atoms with E-state index in [-0.39, 0.29) is 5.82 Å². The quantitative estimate of drug-likeness (QED) is 0.316. The second-order valence-electron chi connectivity index (χ2n) is 5.87. The van der Waals surface area contributed by atoms with Crippen molar-refractivity contribution in [2.45, 2.75) is 0 Å². The Labute approximate surface area is 175 Å². The van der Waals surface area contributed by atoms with Crippen LogP contribution in [0.1, 0.15) is 0 Å². The Hall–Kier alpha value is -1.91. The molecule has 0 spiro atoms. The molecule has 0 unspecified atom stereocenters. The highest BCUT2D eigenvalue weighted by atomic mass is 35.5. The molecule has 1 nitrogen and oxygen atoms in total. The van der Waals surface area contributed by atoms with E-state index in [1.165, 1.54) is 17.4 Å². The molecule has 4 rings (SSSR count). The van der Waals surface area contributed by atoms with Crippen molar-refractivity contribution in [1.29, 1.82) is 0 Å². The van der Waals surface area contributed by atoms with Gasteiger partial charge in [-0.2, -0.15) is 0 Å². The van der Waals surface area contributed by atoms with Crippen molar-refractivity contribution in [1.82, 2.24) is 4.98 Å². The Kier molecular flexibility index (Phi) is 5.20. The first-order valence-electron chi connectivity index (χ1n) is 7.98. The molecule has 0 fully saturated rings. The molecule has 0 aliphatic heterocycles. The van der Waals surface area contributed by atoms with Crippen molar-refractivity contribution < 1.29 is 4.39 Å². The molecule has 0 atom stereocenters. The van der Waals surface area contributed by atoms with Crippen LogP contribution in [-0.2, 0) is 0 Å². The van der Waals surface area contributed by atoms with Crippen molar-refractivity contribution in [2.24, 2.45) is 0 Å². The zero-order valence-corrected chi connectivity index (χ0v) is 16.8. The highest BCUT2D eigenvalue weighted by molar-refractivity contribution is 7.13. The van der Waals surface area contributed by atoms with Crippen LogP contribution in [0.2, 0.25) is 15.1 Å². The van der Waals surface area contributed by atoms with Gasteiger partial charge in [0, 0.05) is 27.1 Å². The lowest BCUT2D eigenvalue weighted by atomic mass is 10.0. The van der Waals surface area contributed by atoms with Crippen molar-refractivity contribution in [2.75, 3.05) is 0 Å². The van der Waals surface area contributed by atoms with E-state index in [1.54, 1.807) is 24.3 Å². The lowest BCUT2D eigenvalue weighted by molar-refractivity contribution is 0.631. The first-order chi connectivity index (χ1) is 13.0. The minimum absolute atomic E-state index is 0.341. The summed E-state index contributed by atoms with van der Waals surface area (Å²) in [7, 11) is 0. The third-order valence-electron chi connectivity index (χ3n) is 4.09. The molecule has 1 heterocycles.